The SMILES string of the molecule is CCCC(C)CN1CCC(CN)(SC)CC1. The Balaban J connectivity index is 2.31. The highest BCUT2D eigenvalue weighted by Gasteiger charge is 2.32. The van der Waals surface area contributed by atoms with Gasteiger partial charge in [-0.05, 0) is 44.5 Å². The lowest BCUT2D eigenvalue weighted by molar-refractivity contribution is 0.176. The molecule has 3 heteroatoms. The van der Waals surface area contributed by atoms with Gasteiger partial charge < -0.3 is 10.6 Å². The highest BCUT2D eigenvalue weighted by molar-refractivity contribution is 8.00. The molecule has 2 nitrogen and oxygen atoms in total. The second-order valence-corrected chi connectivity index (χ2v) is 6.56. The van der Waals surface area contributed by atoms with Crippen LogP contribution in [0.5, 0.6) is 0 Å². The van der Waals surface area contributed by atoms with Crippen LogP contribution in [0, 0.1) is 5.92 Å². The molecule has 1 atom stereocenters. The van der Waals surface area contributed by atoms with E-state index in [2.05, 4.69) is 25.0 Å². The first-order valence-corrected chi connectivity index (χ1v) is 7.86. The fourth-order valence-corrected chi connectivity index (χ4v) is 3.42. The minimum Gasteiger partial charge on any atom is -0.329 e. The maximum Gasteiger partial charge on any atom is 0.0303 e. The minimum absolute atomic E-state index is 0.379. The minimum atomic E-state index is 0.379. The highest BCUT2D eigenvalue weighted by Crippen LogP contribution is 2.33. The molecule has 0 bridgehead atoms. The summed E-state index contributed by atoms with van der Waals surface area (Å²) in [4.78, 5) is 2.63. The van der Waals surface area contributed by atoms with Crippen molar-refractivity contribution in [2.45, 2.75) is 44.3 Å². The number of hydrogen-bond acceptors (Lipinski definition) is 3. The van der Waals surface area contributed by atoms with Gasteiger partial charge in [-0.3, -0.25) is 0 Å². The summed E-state index contributed by atoms with van der Waals surface area (Å²) in [6, 6.07) is 0. The van der Waals surface area contributed by atoms with Gasteiger partial charge in [0.05, 0.1) is 0 Å². The average Bonchev–Trinajstić information content (AvgIpc) is 2.31. The molecule has 1 aliphatic heterocycles. The van der Waals surface area contributed by atoms with Crippen molar-refractivity contribution >= 4 is 11.8 Å². The normalized spacial score (nSPS) is 23.2. The van der Waals surface area contributed by atoms with E-state index in [9.17, 15) is 0 Å². The van der Waals surface area contributed by atoms with Crippen molar-refractivity contribution in [3.8, 4) is 0 Å². The molecule has 1 aliphatic rings. The Kier molecular flexibility index (Phi) is 6.16. The summed E-state index contributed by atoms with van der Waals surface area (Å²) in [5.74, 6) is 0.852. The molecule has 0 radical (unpaired) electrons. The predicted molar refractivity (Wildman–Crippen MR) is 75.0 cm³/mol. The zero-order chi connectivity index (χ0) is 12.0. The number of nitrogens with two attached hydrogens (primary N) is 1. The van der Waals surface area contributed by atoms with E-state index in [1.54, 1.807) is 0 Å². The van der Waals surface area contributed by atoms with Gasteiger partial charge in [-0.25, -0.2) is 0 Å². The van der Waals surface area contributed by atoms with E-state index in [1.807, 2.05) is 11.8 Å². The van der Waals surface area contributed by atoms with Crippen LogP contribution in [0.25, 0.3) is 0 Å². The molecule has 1 heterocycles. The van der Waals surface area contributed by atoms with E-state index in [4.69, 9.17) is 5.73 Å². The number of piperidine rings is 1. The Bertz CT molecular complexity index is 182. The summed E-state index contributed by atoms with van der Waals surface area (Å²) >= 11 is 1.97. The van der Waals surface area contributed by atoms with Gasteiger partial charge in [0.25, 0.3) is 0 Å². The molecule has 1 saturated heterocycles. The van der Waals surface area contributed by atoms with Crippen LogP contribution in [-0.4, -0.2) is 42.1 Å². The van der Waals surface area contributed by atoms with Gasteiger partial charge >= 0.3 is 0 Å². The summed E-state index contributed by atoms with van der Waals surface area (Å²) in [5.41, 5.74) is 5.90. The average molecular weight is 244 g/mol. The molecule has 0 aromatic rings. The summed E-state index contributed by atoms with van der Waals surface area (Å²) in [6.45, 7) is 9.26. The van der Waals surface area contributed by atoms with Crippen molar-refractivity contribution in [1.29, 1.82) is 0 Å². The summed E-state index contributed by atoms with van der Waals surface area (Å²) in [7, 11) is 0. The molecular weight excluding hydrogens is 216 g/mol. The van der Waals surface area contributed by atoms with E-state index in [1.165, 1.54) is 45.3 Å². The molecule has 0 spiro atoms. The molecular formula is C13H28N2S. The zero-order valence-electron chi connectivity index (χ0n) is 11.2. The molecule has 0 aromatic carbocycles. The molecule has 0 amide bonds. The van der Waals surface area contributed by atoms with Gasteiger partial charge in [-0.15, -0.1) is 0 Å². The molecule has 1 unspecified atom stereocenters. The monoisotopic (exact) mass is 244 g/mol. The van der Waals surface area contributed by atoms with Gasteiger partial charge in [-0.2, -0.15) is 11.8 Å². The summed E-state index contributed by atoms with van der Waals surface area (Å²) in [6.07, 6.45) is 7.42. The molecule has 0 saturated carbocycles. The topological polar surface area (TPSA) is 29.3 Å². The molecule has 1 rings (SSSR count). The standard InChI is InChI=1S/C13H28N2S/c1-4-5-12(2)10-15-8-6-13(11-14,16-3)7-9-15/h12H,4-11,14H2,1-3H3. The van der Waals surface area contributed by atoms with Crippen LogP contribution < -0.4 is 5.73 Å². The van der Waals surface area contributed by atoms with Crippen LogP contribution in [-0.2, 0) is 0 Å². The second-order valence-electron chi connectivity index (χ2n) is 5.29. The van der Waals surface area contributed by atoms with Crippen LogP contribution in [0.4, 0.5) is 0 Å². The van der Waals surface area contributed by atoms with E-state index < -0.39 is 0 Å². The summed E-state index contributed by atoms with van der Waals surface area (Å²) in [5, 5.41) is 0. The second kappa shape index (κ2) is 6.87. The maximum absolute atomic E-state index is 5.90. The third-order valence-corrected chi connectivity index (χ3v) is 5.36. The molecule has 0 aromatic heterocycles. The van der Waals surface area contributed by atoms with Crippen LogP contribution in [0.15, 0.2) is 0 Å². The quantitative estimate of drug-likeness (QED) is 0.779. The van der Waals surface area contributed by atoms with Crippen molar-refractivity contribution in [3.05, 3.63) is 0 Å². The highest BCUT2D eigenvalue weighted by atomic mass is 32.2. The Morgan fingerprint density at radius 2 is 2.00 bits per heavy atom. The number of hydrogen-bond donors (Lipinski definition) is 1. The van der Waals surface area contributed by atoms with Crippen LogP contribution >= 0.6 is 11.8 Å². The number of likely N-dealkylation sites (tertiary alicyclic amines) is 1. The maximum atomic E-state index is 5.90. The van der Waals surface area contributed by atoms with Crippen molar-refractivity contribution in [3.63, 3.8) is 0 Å². The Morgan fingerprint density at radius 1 is 1.38 bits per heavy atom. The van der Waals surface area contributed by atoms with Crippen molar-refractivity contribution in [2.75, 3.05) is 32.4 Å². The van der Waals surface area contributed by atoms with Crippen molar-refractivity contribution in [2.24, 2.45) is 11.7 Å². The lowest BCUT2D eigenvalue weighted by Crippen LogP contribution is -2.47. The number of rotatable bonds is 6. The summed E-state index contributed by atoms with van der Waals surface area (Å²) < 4.78 is 0.379. The first-order chi connectivity index (χ1) is 7.65. The Morgan fingerprint density at radius 3 is 2.44 bits per heavy atom. The predicted octanol–water partition coefficient (Wildman–Crippen LogP) is 2.58. The third kappa shape index (κ3) is 3.94. The largest absolute Gasteiger partial charge is 0.329 e. The lowest BCUT2D eigenvalue weighted by Gasteiger charge is -2.40. The third-order valence-electron chi connectivity index (χ3n) is 3.92. The number of thioether (sulfide) groups is 1. The Labute approximate surface area is 105 Å². The zero-order valence-corrected chi connectivity index (χ0v) is 12.0. The van der Waals surface area contributed by atoms with Gasteiger partial charge in [0.2, 0.25) is 0 Å². The van der Waals surface area contributed by atoms with E-state index in [0.29, 0.717) is 4.75 Å². The van der Waals surface area contributed by atoms with Crippen LogP contribution in [0.1, 0.15) is 39.5 Å². The molecule has 0 aliphatic carbocycles. The van der Waals surface area contributed by atoms with Crippen molar-refractivity contribution in [1.82, 2.24) is 4.90 Å². The van der Waals surface area contributed by atoms with E-state index in [0.717, 1.165) is 12.5 Å². The van der Waals surface area contributed by atoms with Gasteiger partial charge in [0.15, 0.2) is 0 Å². The first-order valence-electron chi connectivity index (χ1n) is 6.63. The van der Waals surface area contributed by atoms with Crippen LogP contribution in [0.2, 0.25) is 0 Å². The molecule has 1 fully saturated rings. The fourth-order valence-electron chi connectivity index (χ4n) is 2.66. The number of nitrogens with zero attached hydrogens (tertiary/aromatic N) is 1. The lowest BCUT2D eigenvalue weighted by atomic mass is 9.94. The van der Waals surface area contributed by atoms with Gasteiger partial charge in [-0.1, -0.05) is 20.3 Å². The Hall–Kier alpha value is 0.270. The van der Waals surface area contributed by atoms with E-state index in [-0.39, 0.29) is 0 Å². The first kappa shape index (κ1) is 14.3. The molecule has 2 N–H and O–H groups in total. The van der Waals surface area contributed by atoms with Gasteiger partial charge in [0, 0.05) is 17.8 Å². The van der Waals surface area contributed by atoms with Gasteiger partial charge in [0.1, 0.15) is 0 Å². The smallest absolute Gasteiger partial charge is 0.0303 e. The fraction of sp³-hybridized carbons (Fsp3) is 1.00. The van der Waals surface area contributed by atoms with Crippen molar-refractivity contribution < 1.29 is 0 Å². The van der Waals surface area contributed by atoms with Crippen LogP contribution in [0.3, 0.4) is 0 Å². The van der Waals surface area contributed by atoms with E-state index >= 15 is 0 Å². The molecule has 16 heavy (non-hydrogen) atoms. The molecule has 96 valence electrons.